The summed E-state index contributed by atoms with van der Waals surface area (Å²) in [6.07, 6.45) is 5.28. The standard InChI is InChI=1S/C32H36N2O5S/c1-3-5-19-39-31(38)26-25-16-17-32(40-25)27(26)29(36)34(24(21-35)23-14-10-7-11-15-23)28(32)30(37)33(18-4-2)20-22-12-8-6-9-13-22/h3-4,6-15,24-28,35H,1-2,5,16-21H2/t24-,25-,26+,27+,28?,32?/m1/s1. The minimum Gasteiger partial charge on any atom is -0.465 e. The molecule has 0 aromatic heterocycles. The molecule has 3 heterocycles. The summed E-state index contributed by atoms with van der Waals surface area (Å²) in [5.74, 6) is -2.17. The molecule has 0 radical (unpaired) electrons. The van der Waals surface area contributed by atoms with Gasteiger partial charge in [-0.1, -0.05) is 72.8 Å². The van der Waals surface area contributed by atoms with Gasteiger partial charge in [0.1, 0.15) is 6.04 Å². The molecule has 2 amide bonds. The van der Waals surface area contributed by atoms with Crippen LogP contribution in [0, 0.1) is 11.8 Å². The van der Waals surface area contributed by atoms with E-state index < -0.39 is 28.7 Å². The Labute approximate surface area is 239 Å². The van der Waals surface area contributed by atoms with E-state index >= 15 is 0 Å². The molecule has 1 spiro atoms. The third kappa shape index (κ3) is 4.88. The van der Waals surface area contributed by atoms with Crippen molar-refractivity contribution in [2.24, 2.45) is 11.8 Å². The molecule has 2 unspecified atom stereocenters. The van der Waals surface area contributed by atoms with Gasteiger partial charge in [0.2, 0.25) is 11.8 Å². The fraction of sp³-hybridized carbons (Fsp3) is 0.406. The number of benzene rings is 2. The molecule has 8 heteroatoms. The van der Waals surface area contributed by atoms with Gasteiger partial charge in [-0.2, -0.15) is 0 Å². The molecule has 0 aliphatic carbocycles. The topological polar surface area (TPSA) is 87.1 Å². The zero-order chi connectivity index (χ0) is 28.3. The monoisotopic (exact) mass is 560 g/mol. The van der Waals surface area contributed by atoms with E-state index in [0.29, 0.717) is 25.9 Å². The lowest BCUT2D eigenvalue weighted by Gasteiger charge is -2.39. The van der Waals surface area contributed by atoms with Crippen molar-refractivity contribution in [1.29, 1.82) is 0 Å². The van der Waals surface area contributed by atoms with E-state index in [1.54, 1.807) is 33.7 Å². The number of aliphatic hydroxyl groups is 1. The maximum Gasteiger partial charge on any atom is 0.310 e. The first-order valence-corrected chi connectivity index (χ1v) is 14.7. The van der Waals surface area contributed by atoms with Crippen molar-refractivity contribution in [3.8, 4) is 0 Å². The Hall–Kier alpha value is -3.36. The molecule has 3 aliphatic rings. The molecule has 2 bridgehead atoms. The zero-order valence-corrected chi connectivity index (χ0v) is 23.4. The zero-order valence-electron chi connectivity index (χ0n) is 22.6. The van der Waals surface area contributed by atoms with Crippen molar-refractivity contribution in [3.63, 3.8) is 0 Å². The van der Waals surface area contributed by atoms with Crippen LogP contribution in [0.4, 0.5) is 0 Å². The highest BCUT2D eigenvalue weighted by molar-refractivity contribution is 8.02. The van der Waals surface area contributed by atoms with Gasteiger partial charge in [-0.3, -0.25) is 14.4 Å². The summed E-state index contributed by atoms with van der Waals surface area (Å²) in [6, 6.07) is 17.5. The Morgan fingerprint density at radius 3 is 2.48 bits per heavy atom. The van der Waals surface area contributed by atoms with E-state index in [1.807, 2.05) is 60.7 Å². The summed E-state index contributed by atoms with van der Waals surface area (Å²) < 4.78 is 4.81. The number of carbonyl (C=O) groups is 3. The molecule has 7 nitrogen and oxygen atoms in total. The van der Waals surface area contributed by atoms with Crippen molar-refractivity contribution in [2.75, 3.05) is 19.8 Å². The van der Waals surface area contributed by atoms with Gasteiger partial charge in [-0.25, -0.2) is 0 Å². The molecule has 3 fully saturated rings. The fourth-order valence-corrected chi connectivity index (χ4v) is 8.89. The third-order valence-corrected chi connectivity index (χ3v) is 10.3. The number of thioether (sulfide) groups is 1. The van der Waals surface area contributed by atoms with E-state index in [4.69, 9.17) is 4.74 Å². The van der Waals surface area contributed by atoms with Crippen LogP contribution >= 0.6 is 11.8 Å². The summed E-state index contributed by atoms with van der Waals surface area (Å²) in [7, 11) is 0. The molecule has 2 aromatic carbocycles. The Bertz CT molecular complexity index is 1250. The number of rotatable bonds is 12. The summed E-state index contributed by atoms with van der Waals surface area (Å²) >= 11 is 1.60. The average Bonchev–Trinajstić information content (AvgIpc) is 3.62. The first kappa shape index (κ1) is 28.2. The van der Waals surface area contributed by atoms with Gasteiger partial charge in [0.15, 0.2) is 0 Å². The molecule has 2 aromatic rings. The maximum absolute atomic E-state index is 14.6. The van der Waals surface area contributed by atoms with E-state index in [0.717, 1.165) is 17.5 Å². The van der Waals surface area contributed by atoms with E-state index in [-0.39, 0.29) is 36.2 Å². The fourth-order valence-electron chi connectivity index (χ4n) is 6.71. The molecule has 40 heavy (non-hydrogen) atoms. The highest BCUT2D eigenvalue weighted by Crippen LogP contribution is 2.67. The summed E-state index contributed by atoms with van der Waals surface area (Å²) in [4.78, 5) is 45.7. The van der Waals surface area contributed by atoms with Gasteiger partial charge >= 0.3 is 5.97 Å². The SMILES string of the molecule is C=CCCOC(=O)[C@@H]1[C@H]2C(=O)N([C@H](CO)c3ccccc3)C(C(=O)N(CC=C)Cc3ccccc3)C23CC[C@H]1S3. The average molecular weight is 561 g/mol. The number of aliphatic hydroxyl groups excluding tert-OH is 1. The molecule has 5 rings (SSSR count). The number of carbonyl (C=O) groups excluding carboxylic acids is 3. The molecule has 3 saturated heterocycles. The van der Waals surface area contributed by atoms with Crippen molar-refractivity contribution in [3.05, 3.63) is 97.1 Å². The number of fused-ring (bicyclic) bond motifs is 1. The lowest BCUT2D eigenvalue weighted by molar-refractivity contribution is -0.154. The number of likely N-dealkylation sites (tertiary alicyclic amines) is 1. The smallest absolute Gasteiger partial charge is 0.310 e. The molecular formula is C32H36N2O5S. The van der Waals surface area contributed by atoms with Crippen molar-refractivity contribution in [1.82, 2.24) is 9.80 Å². The lowest BCUT2D eigenvalue weighted by Crippen LogP contribution is -2.55. The van der Waals surface area contributed by atoms with Crippen LogP contribution in [-0.4, -0.2) is 68.5 Å². The van der Waals surface area contributed by atoms with Crippen molar-refractivity contribution >= 4 is 29.5 Å². The van der Waals surface area contributed by atoms with Crippen LogP contribution in [0.3, 0.4) is 0 Å². The van der Waals surface area contributed by atoms with Crippen LogP contribution in [0.15, 0.2) is 86.0 Å². The predicted octanol–water partition coefficient (Wildman–Crippen LogP) is 4.15. The van der Waals surface area contributed by atoms with Gasteiger partial charge in [0.25, 0.3) is 0 Å². The van der Waals surface area contributed by atoms with Crippen molar-refractivity contribution < 1.29 is 24.2 Å². The Morgan fingerprint density at radius 1 is 1.12 bits per heavy atom. The maximum atomic E-state index is 14.6. The third-order valence-electron chi connectivity index (χ3n) is 8.38. The van der Waals surface area contributed by atoms with Crippen LogP contribution < -0.4 is 0 Å². The minimum absolute atomic E-state index is 0.0890. The first-order valence-electron chi connectivity index (χ1n) is 13.8. The van der Waals surface area contributed by atoms with Gasteiger partial charge in [0, 0.05) is 18.3 Å². The number of hydrogen-bond acceptors (Lipinski definition) is 6. The molecule has 210 valence electrons. The Kier molecular flexibility index (Phi) is 8.47. The van der Waals surface area contributed by atoms with E-state index in [1.165, 1.54) is 0 Å². The van der Waals surface area contributed by atoms with Gasteiger partial charge in [-0.05, 0) is 30.4 Å². The molecule has 1 N–H and O–H groups in total. The van der Waals surface area contributed by atoms with Gasteiger partial charge < -0.3 is 19.6 Å². The predicted molar refractivity (Wildman–Crippen MR) is 155 cm³/mol. The number of ether oxygens (including phenoxy) is 1. The van der Waals surface area contributed by atoms with E-state index in [9.17, 15) is 19.5 Å². The summed E-state index contributed by atoms with van der Waals surface area (Å²) in [5.41, 5.74) is 1.71. The first-order chi connectivity index (χ1) is 19.5. The highest BCUT2D eigenvalue weighted by Gasteiger charge is 2.74. The molecule has 3 aliphatic heterocycles. The molecular weight excluding hydrogens is 524 g/mol. The quantitative estimate of drug-likeness (QED) is 0.239. The van der Waals surface area contributed by atoms with Crippen LogP contribution in [0.25, 0.3) is 0 Å². The number of esters is 1. The number of nitrogens with zero attached hydrogens (tertiary/aromatic N) is 2. The van der Waals surface area contributed by atoms with Crippen LogP contribution in [0.5, 0.6) is 0 Å². The second kappa shape index (κ2) is 12.0. The van der Waals surface area contributed by atoms with Crippen LogP contribution in [0.2, 0.25) is 0 Å². The van der Waals surface area contributed by atoms with Crippen LogP contribution in [-0.2, 0) is 25.7 Å². The Balaban J connectivity index is 1.57. The lowest BCUT2D eigenvalue weighted by atomic mass is 9.71. The molecule has 6 atom stereocenters. The highest BCUT2D eigenvalue weighted by atomic mass is 32.2. The number of hydrogen-bond donors (Lipinski definition) is 1. The van der Waals surface area contributed by atoms with Gasteiger partial charge in [0.05, 0.1) is 35.8 Å². The Morgan fingerprint density at radius 2 is 1.82 bits per heavy atom. The van der Waals surface area contributed by atoms with E-state index in [2.05, 4.69) is 13.2 Å². The second-order valence-corrected chi connectivity index (χ2v) is 12.2. The van der Waals surface area contributed by atoms with Crippen molar-refractivity contribution in [2.45, 2.75) is 47.9 Å². The minimum atomic E-state index is -0.841. The normalized spacial score (nSPS) is 27.2. The summed E-state index contributed by atoms with van der Waals surface area (Å²) in [5, 5.41) is 10.6. The number of amides is 2. The van der Waals surface area contributed by atoms with Gasteiger partial charge in [-0.15, -0.1) is 24.9 Å². The van der Waals surface area contributed by atoms with Crippen LogP contribution in [0.1, 0.15) is 36.4 Å². The molecule has 0 saturated carbocycles. The largest absolute Gasteiger partial charge is 0.465 e. The second-order valence-electron chi connectivity index (χ2n) is 10.6. The summed E-state index contributed by atoms with van der Waals surface area (Å²) in [6.45, 7) is 8.11.